The molecule has 2 heterocycles. The first-order valence-corrected chi connectivity index (χ1v) is 6.94. The van der Waals surface area contributed by atoms with Crippen LogP contribution in [0.15, 0.2) is 0 Å². The standard InChI is InChI=1S/C13H23N3O2/c1-9(10-3-2-6-14-7-10)16-13(18)11-4-5-12(17)15-8-11/h9-11,14H,2-8H2,1H3,(H,15,17)(H,16,18). The van der Waals surface area contributed by atoms with E-state index in [0.29, 0.717) is 25.3 Å². The first-order chi connectivity index (χ1) is 8.66. The van der Waals surface area contributed by atoms with Crippen molar-refractivity contribution in [1.82, 2.24) is 16.0 Å². The van der Waals surface area contributed by atoms with Gasteiger partial charge in [-0.1, -0.05) is 0 Å². The van der Waals surface area contributed by atoms with Crippen LogP contribution in [0.1, 0.15) is 32.6 Å². The van der Waals surface area contributed by atoms with Gasteiger partial charge in [0.1, 0.15) is 0 Å². The second kappa shape index (κ2) is 6.18. The first kappa shape index (κ1) is 13.3. The predicted molar refractivity (Wildman–Crippen MR) is 68.9 cm³/mol. The number of hydrogen-bond acceptors (Lipinski definition) is 3. The van der Waals surface area contributed by atoms with Crippen LogP contribution < -0.4 is 16.0 Å². The number of carbonyl (C=O) groups is 2. The second-order valence-electron chi connectivity index (χ2n) is 5.44. The van der Waals surface area contributed by atoms with Crippen molar-refractivity contribution in [3.05, 3.63) is 0 Å². The van der Waals surface area contributed by atoms with Gasteiger partial charge in [-0.2, -0.15) is 0 Å². The molecule has 102 valence electrons. The maximum absolute atomic E-state index is 12.1. The molecule has 0 aromatic rings. The fourth-order valence-corrected chi connectivity index (χ4v) is 2.72. The molecule has 0 bridgehead atoms. The van der Waals surface area contributed by atoms with Crippen LogP contribution in [-0.2, 0) is 9.59 Å². The highest BCUT2D eigenvalue weighted by Crippen LogP contribution is 2.16. The van der Waals surface area contributed by atoms with Crippen LogP contribution >= 0.6 is 0 Å². The van der Waals surface area contributed by atoms with E-state index < -0.39 is 0 Å². The van der Waals surface area contributed by atoms with Crippen LogP contribution in [-0.4, -0.2) is 37.5 Å². The van der Waals surface area contributed by atoms with Gasteiger partial charge in [0.05, 0.1) is 5.92 Å². The highest BCUT2D eigenvalue weighted by atomic mass is 16.2. The quantitative estimate of drug-likeness (QED) is 0.664. The molecular formula is C13H23N3O2. The Hall–Kier alpha value is -1.10. The zero-order valence-corrected chi connectivity index (χ0v) is 11.0. The summed E-state index contributed by atoms with van der Waals surface area (Å²) in [6, 6.07) is 0.211. The van der Waals surface area contributed by atoms with Crippen molar-refractivity contribution >= 4 is 11.8 Å². The first-order valence-electron chi connectivity index (χ1n) is 6.94. The van der Waals surface area contributed by atoms with E-state index in [2.05, 4.69) is 22.9 Å². The molecule has 0 aliphatic carbocycles. The van der Waals surface area contributed by atoms with Crippen LogP contribution in [0.2, 0.25) is 0 Å². The average molecular weight is 253 g/mol. The van der Waals surface area contributed by atoms with Crippen LogP contribution in [0.25, 0.3) is 0 Å². The Morgan fingerprint density at radius 3 is 2.83 bits per heavy atom. The maximum atomic E-state index is 12.1. The van der Waals surface area contributed by atoms with E-state index in [9.17, 15) is 9.59 Å². The van der Waals surface area contributed by atoms with Crippen molar-refractivity contribution < 1.29 is 9.59 Å². The summed E-state index contributed by atoms with van der Waals surface area (Å²) in [6.07, 6.45) is 3.50. The second-order valence-corrected chi connectivity index (χ2v) is 5.44. The van der Waals surface area contributed by atoms with E-state index in [0.717, 1.165) is 13.1 Å². The summed E-state index contributed by atoms with van der Waals surface area (Å²) in [7, 11) is 0. The van der Waals surface area contributed by atoms with Gasteiger partial charge < -0.3 is 16.0 Å². The SMILES string of the molecule is CC(NC(=O)C1CCC(=O)NC1)C1CCCNC1. The fourth-order valence-electron chi connectivity index (χ4n) is 2.72. The number of rotatable bonds is 3. The van der Waals surface area contributed by atoms with Crippen molar-refractivity contribution in [2.24, 2.45) is 11.8 Å². The highest BCUT2D eigenvalue weighted by Gasteiger charge is 2.27. The number of nitrogens with one attached hydrogen (secondary N) is 3. The minimum Gasteiger partial charge on any atom is -0.355 e. The third kappa shape index (κ3) is 3.45. The third-order valence-corrected chi connectivity index (χ3v) is 4.05. The monoisotopic (exact) mass is 253 g/mol. The van der Waals surface area contributed by atoms with Gasteiger partial charge in [-0.15, -0.1) is 0 Å². The minimum atomic E-state index is -0.0540. The van der Waals surface area contributed by atoms with Gasteiger partial charge in [-0.05, 0) is 45.2 Å². The molecule has 3 unspecified atom stereocenters. The molecule has 5 heteroatoms. The zero-order valence-electron chi connectivity index (χ0n) is 11.0. The molecule has 3 atom stereocenters. The van der Waals surface area contributed by atoms with E-state index in [1.54, 1.807) is 0 Å². The molecule has 2 rings (SSSR count). The van der Waals surface area contributed by atoms with Gasteiger partial charge in [0.25, 0.3) is 0 Å². The molecule has 18 heavy (non-hydrogen) atoms. The van der Waals surface area contributed by atoms with E-state index in [4.69, 9.17) is 0 Å². The van der Waals surface area contributed by atoms with Gasteiger partial charge in [-0.3, -0.25) is 9.59 Å². The summed E-state index contributed by atoms with van der Waals surface area (Å²) >= 11 is 0. The van der Waals surface area contributed by atoms with Crippen LogP contribution in [0, 0.1) is 11.8 Å². The normalized spacial score (nSPS) is 30.4. The predicted octanol–water partition coefficient (Wildman–Crippen LogP) is 0.0169. The van der Waals surface area contributed by atoms with Gasteiger partial charge in [0, 0.05) is 19.0 Å². The Labute approximate surface area is 108 Å². The van der Waals surface area contributed by atoms with E-state index in [-0.39, 0.29) is 23.8 Å². The van der Waals surface area contributed by atoms with Crippen LogP contribution in [0.4, 0.5) is 0 Å². The van der Waals surface area contributed by atoms with Crippen molar-refractivity contribution in [1.29, 1.82) is 0 Å². The summed E-state index contributed by atoms with van der Waals surface area (Å²) in [5.74, 6) is 0.624. The Morgan fingerprint density at radius 2 is 2.22 bits per heavy atom. The molecule has 3 N–H and O–H groups in total. The Morgan fingerprint density at radius 1 is 1.39 bits per heavy atom. The van der Waals surface area contributed by atoms with Crippen molar-refractivity contribution in [2.75, 3.05) is 19.6 Å². The molecule has 0 aromatic carbocycles. The molecule has 2 aliphatic rings. The molecular weight excluding hydrogens is 230 g/mol. The largest absolute Gasteiger partial charge is 0.355 e. The highest BCUT2D eigenvalue weighted by molar-refractivity contribution is 5.83. The third-order valence-electron chi connectivity index (χ3n) is 4.05. The molecule has 2 amide bonds. The average Bonchev–Trinajstić information content (AvgIpc) is 2.40. The molecule has 2 saturated heterocycles. The molecule has 2 aliphatic heterocycles. The molecule has 5 nitrogen and oxygen atoms in total. The zero-order chi connectivity index (χ0) is 13.0. The lowest BCUT2D eigenvalue weighted by molar-refractivity contribution is -0.129. The summed E-state index contributed by atoms with van der Waals surface area (Å²) in [5.41, 5.74) is 0. The number of hydrogen-bond donors (Lipinski definition) is 3. The Balaban J connectivity index is 1.77. The molecule has 2 fully saturated rings. The smallest absolute Gasteiger partial charge is 0.225 e. The molecule has 0 radical (unpaired) electrons. The minimum absolute atomic E-state index is 0.0540. The Bertz CT molecular complexity index is 303. The summed E-state index contributed by atoms with van der Waals surface area (Å²) in [4.78, 5) is 23.1. The lowest BCUT2D eigenvalue weighted by Gasteiger charge is -2.30. The van der Waals surface area contributed by atoms with Gasteiger partial charge >= 0.3 is 0 Å². The van der Waals surface area contributed by atoms with Crippen LogP contribution in [0.5, 0.6) is 0 Å². The maximum Gasteiger partial charge on any atom is 0.225 e. The van der Waals surface area contributed by atoms with E-state index in [1.807, 2.05) is 0 Å². The number of piperidine rings is 2. The fraction of sp³-hybridized carbons (Fsp3) is 0.846. The summed E-state index contributed by atoms with van der Waals surface area (Å²) in [6.45, 7) is 4.64. The Kier molecular flexibility index (Phi) is 4.58. The van der Waals surface area contributed by atoms with Crippen molar-refractivity contribution in [2.45, 2.75) is 38.6 Å². The summed E-state index contributed by atoms with van der Waals surface area (Å²) in [5, 5.41) is 9.22. The van der Waals surface area contributed by atoms with Gasteiger partial charge in [0.2, 0.25) is 11.8 Å². The number of amides is 2. The lowest BCUT2D eigenvalue weighted by atomic mass is 9.91. The molecule has 0 aromatic heterocycles. The van der Waals surface area contributed by atoms with Crippen LogP contribution in [0.3, 0.4) is 0 Å². The lowest BCUT2D eigenvalue weighted by Crippen LogP contribution is -2.49. The van der Waals surface area contributed by atoms with Gasteiger partial charge in [0.15, 0.2) is 0 Å². The van der Waals surface area contributed by atoms with E-state index in [1.165, 1.54) is 12.8 Å². The topological polar surface area (TPSA) is 70.2 Å². The van der Waals surface area contributed by atoms with Crippen molar-refractivity contribution in [3.63, 3.8) is 0 Å². The van der Waals surface area contributed by atoms with E-state index >= 15 is 0 Å². The van der Waals surface area contributed by atoms with Crippen molar-refractivity contribution in [3.8, 4) is 0 Å². The van der Waals surface area contributed by atoms with Gasteiger partial charge in [-0.25, -0.2) is 0 Å². The summed E-state index contributed by atoms with van der Waals surface area (Å²) < 4.78 is 0. The molecule has 0 spiro atoms. The number of carbonyl (C=O) groups excluding carboxylic acids is 2. The molecule has 0 saturated carbocycles.